The fraction of sp³-hybridized carbons (Fsp3) is 0.562. The molecule has 2 N–H and O–H groups in total. The Kier molecular flexibility index (Phi) is 3.55. The number of nitrogens with two attached hydrogens (primary N) is 1. The van der Waals surface area contributed by atoms with Crippen molar-refractivity contribution in [3.8, 4) is 0 Å². The zero-order chi connectivity index (χ0) is 14.1. The van der Waals surface area contributed by atoms with E-state index >= 15 is 0 Å². The normalized spacial score (nSPS) is 20.4. The molecule has 20 heavy (non-hydrogen) atoms. The van der Waals surface area contributed by atoms with E-state index in [1.165, 1.54) is 29.7 Å². The van der Waals surface area contributed by atoms with Crippen LogP contribution in [0.15, 0.2) is 23.2 Å². The van der Waals surface area contributed by atoms with Gasteiger partial charge < -0.3 is 15.5 Å². The van der Waals surface area contributed by atoms with Crippen molar-refractivity contribution < 1.29 is 0 Å². The van der Waals surface area contributed by atoms with Crippen molar-refractivity contribution in [1.82, 2.24) is 4.90 Å². The maximum atomic E-state index is 6.08. The lowest BCUT2D eigenvalue weighted by Gasteiger charge is -2.37. The maximum Gasteiger partial charge on any atom is 0.191 e. The predicted molar refractivity (Wildman–Crippen MR) is 84.3 cm³/mol. The lowest BCUT2D eigenvalue weighted by molar-refractivity contribution is 0.380. The second-order valence-corrected chi connectivity index (χ2v) is 5.91. The Hall–Kier alpha value is -1.71. The molecule has 4 nitrogen and oxygen atoms in total. The lowest BCUT2D eigenvalue weighted by Crippen LogP contribution is -2.51. The topological polar surface area (TPSA) is 44.9 Å². The molecule has 0 amide bonds. The van der Waals surface area contributed by atoms with Gasteiger partial charge in [0.05, 0.1) is 6.04 Å². The summed E-state index contributed by atoms with van der Waals surface area (Å²) in [6.07, 6.45) is 2.42. The van der Waals surface area contributed by atoms with Gasteiger partial charge >= 0.3 is 0 Å². The minimum atomic E-state index is 0.507. The van der Waals surface area contributed by atoms with E-state index in [4.69, 9.17) is 5.73 Å². The molecular formula is C16H24N4. The van der Waals surface area contributed by atoms with Gasteiger partial charge in [-0.2, -0.15) is 0 Å². The largest absolute Gasteiger partial charge is 0.370 e. The van der Waals surface area contributed by atoms with E-state index in [0.717, 1.165) is 32.1 Å². The molecule has 1 aromatic carbocycles. The van der Waals surface area contributed by atoms with E-state index in [1.54, 1.807) is 0 Å². The number of piperazine rings is 1. The summed E-state index contributed by atoms with van der Waals surface area (Å²) in [5, 5.41) is 0. The Morgan fingerprint density at radius 2 is 1.85 bits per heavy atom. The first-order valence-corrected chi connectivity index (χ1v) is 7.54. The van der Waals surface area contributed by atoms with E-state index in [0.29, 0.717) is 6.04 Å². The smallest absolute Gasteiger partial charge is 0.191 e. The van der Waals surface area contributed by atoms with Crippen molar-refractivity contribution in [2.45, 2.75) is 32.7 Å². The molecule has 4 heteroatoms. The SMILES string of the molecule is Cc1cccc(N2CCN(C(N)=NC3CC3)CC2)c1C. The molecule has 0 atom stereocenters. The molecule has 1 heterocycles. The fourth-order valence-electron chi connectivity index (χ4n) is 2.73. The molecule has 1 saturated carbocycles. The number of benzene rings is 1. The van der Waals surface area contributed by atoms with Crippen LogP contribution in [0.1, 0.15) is 24.0 Å². The molecule has 108 valence electrons. The number of guanidine groups is 1. The number of hydrogen-bond acceptors (Lipinski definition) is 2. The first-order chi connectivity index (χ1) is 9.65. The molecule has 2 aliphatic rings. The Morgan fingerprint density at radius 3 is 2.50 bits per heavy atom. The molecule has 0 spiro atoms. The molecule has 0 radical (unpaired) electrons. The van der Waals surface area contributed by atoms with Crippen LogP contribution in [0.2, 0.25) is 0 Å². The minimum absolute atomic E-state index is 0.507. The third-order valence-corrected chi connectivity index (χ3v) is 4.38. The number of anilines is 1. The van der Waals surface area contributed by atoms with E-state index in [-0.39, 0.29) is 0 Å². The summed E-state index contributed by atoms with van der Waals surface area (Å²) >= 11 is 0. The van der Waals surface area contributed by atoms with Crippen molar-refractivity contribution in [2.75, 3.05) is 31.1 Å². The van der Waals surface area contributed by atoms with Crippen LogP contribution < -0.4 is 10.6 Å². The van der Waals surface area contributed by atoms with Gasteiger partial charge in [0, 0.05) is 31.9 Å². The summed E-state index contributed by atoms with van der Waals surface area (Å²) in [4.78, 5) is 9.23. The van der Waals surface area contributed by atoms with Crippen LogP contribution in [0.5, 0.6) is 0 Å². The van der Waals surface area contributed by atoms with Crippen LogP contribution in [0, 0.1) is 13.8 Å². The highest BCUT2D eigenvalue weighted by molar-refractivity contribution is 5.78. The molecule has 1 aromatic rings. The molecule has 3 rings (SSSR count). The Balaban J connectivity index is 1.64. The van der Waals surface area contributed by atoms with Gasteiger partial charge in [0.15, 0.2) is 5.96 Å². The molecule has 0 aromatic heterocycles. The molecule has 1 saturated heterocycles. The summed E-state index contributed by atoms with van der Waals surface area (Å²) in [7, 11) is 0. The highest BCUT2D eigenvalue weighted by atomic mass is 15.3. The standard InChI is InChI=1S/C16H24N4/c1-12-4-3-5-15(13(12)2)19-8-10-20(11-9-19)16(17)18-14-6-7-14/h3-5,14H,6-11H2,1-2H3,(H2,17,18). The van der Waals surface area contributed by atoms with Gasteiger partial charge in [-0.1, -0.05) is 12.1 Å². The Labute approximate surface area is 121 Å². The quantitative estimate of drug-likeness (QED) is 0.660. The zero-order valence-corrected chi connectivity index (χ0v) is 12.5. The Morgan fingerprint density at radius 1 is 1.15 bits per heavy atom. The van der Waals surface area contributed by atoms with Crippen molar-refractivity contribution in [3.63, 3.8) is 0 Å². The highest BCUT2D eigenvalue weighted by Gasteiger charge is 2.24. The highest BCUT2D eigenvalue weighted by Crippen LogP contribution is 2.25. The van der Waals surface area contributed by atoms with Crippen molar-refractivity contribution >= 4 is 11.6 Å². The molecule has 0 unspecified atom stereocenters. The molecule has 1 aliphatic carbocycles. The zero-order valence-electron chi connectivity index (χ0n) is 12.5. The van der Waals surface area contributed by atoms with Crippen LogP contribution in [0.25, 0.3) is 0 Å². The van der Waals surface area contributed by atoms with Crippen LogP contribution in [-0.4, -0.2) is 43.1 Å². The van der Waals surface area contributed by atoms with Gasteiger partial charge in [0.1, 0.15) is 0 Å². The van der Waals surface area contributed by atoms with Gasteiger partial charge in [-0.25, -0.2) is 4.99 Å². The van der Waals surface area contributed by atoms with E-state index < -0.39 is 0 Å². The second-order valence-electron chi connectivity index (χ2n) is 5.91. The summed E-state index contributed by atoms with van der Waals surface area (Å²) in [6, 6.07) is 7.05. The van der Waals surface area contributed by atoms with Crippen molar-refractivity contribution in [2.24, 2.45) is 10.7 Å². The van der Waals surface area contributed by atoms with Crippen LogP contribution >= 0.6 is 0 Å². The number of aryl methyl sites for hydroxylation is 1. The van der Waals surface area contributed by atoms with Gasteiger partial charge in [-0.3, -0.25) is 0 Å². The molecule has 2 fully saturated rings. The average Bonchev–Trinajstić information content (AvgIpc) is 3.26. The average molecular weight is 272 g/mol. The predicted octanol–water partition coefficient (Wildman–Crippen LogP) is 1.90. The number of aliphatic imine (C=N–C) groups is 1. The van der Waals surface area contributed by atoms with Gasteiger partial charge in [0.25, 0.3) is 0 Å². The number of hydrogen-bond donors (Lipinski definition) is 1. The van der Waals surface area contributed by atoms with Crippen LogP contribution in [0.3, 0.4) is 0 Å². The number of rotatable bonds is 2. The van der Waals surface area contributed by atoms with E-state index in [1.807, 2.05) is 0 Å². The third kappa shape index (κ3) is 2.74. The van der Waals surface area contributed by atoms with Crippen LogP contribution in [-0.2, 0) is 0 Å². The second kappa shape index (κ2) is 5.35. The Bertz CT molecular complexity index is 511. The van der Waals surface area contributed by atoms with Gasteiger partial charge in [-0.05, 0) is 43.9 Å². The van der Waals surface area contributed by atoms with Crippen molar-refractivity contribution in [1.29, 1.82) is 0 Å². The van der Waals surface area contributed by atoms with E-state index in [9.17, 15) is 0 Å². The summed E-state index contributed by atoms with van der Waals surface area (Å²) in [6.45, 7) is 8.36. The van der Waals surface area contributed by atoms with Gasteiger partial charge in [0.2, 0.25) is 0 Å². The number of nitrogens with zero attached hydrogens (tertiary/aromatic N) is 3. The molecule has 0 bridgehead atoms. The first kappa shape index (κ1) is 13.3. The summed E-state index contributed by atoms with van der Waals surface area (Å²) in [5.74, 6) is 0.744. The third-order valence-electron chi connectivity index (χ3n) is 4.38. The van der Waals surface area contributed by atoms with E-state index in [2.05, 4.69) is 46.8 Å². The maximum absolute atomic E-state index is 6.08. The molecule has 1 aliphatic heterocycles. The fourth-order valence-corrected chi connectivity index (χ4v) is 2.73. The first-order valence-electron chi connectivity index (χ1n) is 7.54. The van der Waals surface area contributed by atoms with Crippen molar-refractivity contribution in [3.05, 3.63) is 29.3 Å². The summed E-state index contributed by atoms with van der Waals surface area (Å²) < 4.78 is 0. The summed E-state index contributed by atoms with van der Waals surface area (Å²) in [5.41, 5.74) is 10.2. The van der Waals surface area contributed by atoms with Gasteiger partial charge in [-0.15, -0.1) is 0 Å². The monoisotopic (exact) mass is 272 g/mol. The van der Waals surface area contributed by atoms with Crippen LogP contribution in [0.4, 0.5) is 5.69 Å². The lowest BCUT2D eigenvalue weighted by atomic mass is 10.1. The molecular weight excluding hydrogens is 248 g/mol. The minimum Gasteiger partial charge on any atom is -0.370 e.